The van der Waals surface area contributed by atoms with E-state index in [4.69, 9.17) is 14.2 Å². The average molecular weight is 230 g/mol. The van der Waals surface area contributed by atoms with Crippen molar-refractivity contribution in [2.24, 2.45) is 0 Å². The summed E-state index contributed by atoms with van der Waals surface area (Å²) in [5.74, 6) is 10.2. The van der Waals surface area contributed by atoms with Gasteiger partial charge in [-0.05, 0) is 24.8 Å². The third kappa shape index (κ3) is 1.43. The van der Waals surface area contributed by atoms with E-state index in [0.29, 0.717) is 5.76 Å². The summed E-state index contributed by atoms with van der Waals surface area (Å²) in [6, 6.07) is 0. The van der Waals surface area contributed by atoms with E-state index in [0.717, 1.165) is 0 Å². The number of aliphatic hydroxyl groups excluding tert-OH is 1. The number of allylic oxidation sites excluding steroid dienone is 1. The molecule has 3 rings (SSSR count). The highest BCUT2D eigenvalue weighted by Gasteiger charge is 2.71. The van der Waals surface area contributed by atoms with Crippen molar-refractivity contribution >= 4 is 0 Å². The quantitative estimate of drug-likeness (QED) is 0.480. The lowest BCUT2D eigenvalue weighted by molar-refractivity contribution is -0.218. The maximum atomic E-state index is 9.80. The van der Waals surface area contributed by atoms with Gasteiger partial charge in [0.2, 0.25) is 0 Å². The molecule has 3 aliphatic rings. The van der Waals surface area contributed by atoms with Gasteiger partial charge in [-0.3, -0.25) is 0 Å². The smallest absolute Gasteiger partial charge is 0.309 e. The Balaban J connectivity index is 1.80. The molecule has 1 N–H and O–H groups in total. The molecule has 2 saturated heterocycles. The summed E-state index contributed by atoms with van der Waals surface area (Å²) in [6.45, 7) is 1.72. The fraction of sp³-hybridized carbons (Fsp3) is 0.385. The van der Waals surface area contributed by atoms with Gasteiger partial charge in [-0.15, -0.1) is 0 Å². The molecule has 2 fully saturated rings. The van der Waals surface area contributed by atoms with Crippen LogP contribution in [0.4, 0.5) is 0 Å². The van der Waals surface area contributed by atoms with Crippen LogP contribution in [-0.4, -0.2) is 29.2 Å². The molecule has 1 spiro atoms. The standard InChI is InChI=1S/C13H10O4/c1-2-3-4-5-6-9-11-12(16-11)13(17-9)10(14)7-8-15-13/h6-8,10-12,14H,1H3/b9-6-/t10-,11+,12+,13+/m1/s1. The molecule has 0 radical (unpaired) electrons. The van der Waals surface area contributed by atoms with E-state index in [1.165, 1.54) is 12.3 Å². The van der Waals surface area contributed by atoms with Crippen LogP contribution < -0.4 is 0 Å². The van der Waals surface area contributed by atoms with Crippen molar-refractivity contribution in [3.63, 3.8) is 0 Å². The Morgan fingerprint density at radius 1 is 1.47 bits per heavy atom. The zero-order chi connectivity index (χ0) is 11.9. The molecule has 0 aromatic heterocycles. The average Bonchev–Trinajstić information content (AvgIpc) is 2.97. The van der Waals surface area contributed by atoms with Crippen LogP contribution in [0.25, 0.3) is 0 Å². The van der Waals surface area contributed by atoms with Crippen molar-refractivity contribution in [3.05, 3.63) is 24.2 Å². The van der Waals surface area contributed by atoms with Gasteiger partial charge in [-0.2, -0.15) is 0 Å². The highest BCUT2D eigenvalue weighted by molar-refractivity contribution is 5.36. The third-order valence-corrected chi connectivity index (χ3v) is 2.85. The third-order valence-electron chi connectivity index (χ3n) is 2.85. The molecule has 0 aliphatic carbocycles. The Morgan fingerprint density at radius 3 is 3.06 bits per heavy atom. The minimum absolute atomic E-state index is 0.159. The fourth-order valence-electron chi connectivity index (χ4n) is 2.00. The number of epoxide rings is 1. The molecule has 4 heteroatoms. The van der Waals surface area contributed by atoms with E-state index in [2.05, 4.69) is 23.7 Å². The van der Waals surface area contributed by atoms with Crippen molar-refractivity contribution in [1.82, 2.24) is 0 Å². The van der Waals surface area contributed by atoms with Gasteiger partial charge >= 0.3 is 5.79 Å². The SMILES string of the molecule is CC#CC#C/C=C1\O[C@]2(OC=C[C@H]2O)[C@H]2O[C@@H]12. The Morgan fingerprint density at radius 2 is 2.35 bits per heavy atom. The Kier molecular flexibility index (Phi) is 2.16. The van der Waals surface area contributed by atoms with Gasteiger partial charge in [0, 0.05) is 6.08 Å². The molecule has 0 bridgehead atoms. The highest BCUT2D eigenvalue weighted by Crippen LogP contribution is 2.52. The molecule has 3 aliphatic heterocycles. The first-order valence-electron chi connectivity index (χ1n) is 5.27. The molecule has 0 saturated carbocycles. The minimum Gasteiger partial charge on any atom is -0.455 e. The first-order chi connectivity index (χ1) is 8.28. The summed E-state index contributed by atoms with van der Waals surface area (Å²) in [7, 11) is 0. The number of aliphatic hydroxyl groups is 1. The van der Waals surface area contributed by atoms with E-state index in [-0.39, 0.29) is 12.2 Å². The molecule has 0 aromatic rings. The first kappa shape index (κ1) is 10.3. The van der Waals surface area contributed by atoms with Crippen LogP contribution in [0.1, 0.15) is 6.92 Å². The second-order valence-corrected chi connectivity index (χ2v) is 3.88. The maximum Gasteiger partial charge on any atom is 0.309 e. The van der Waals surface area contributed by atoms with Gasteiger partial charge in [-0.1, -0.05) is 11.8 Å². The van der Waals surface area contributed by atoms with Crippen molar-refractivity contribution in [2.75, 3.05) is 0 Å². The normalized spacial score (nSPS) is 42.0. The summed E-state index contributed by atoms with van der Waals surface area (Å²) in [6.07, 6.45) is 3.35. The van der Waals surface area contributed by atoms with Gasteiger partial charge in [-0.25, -0.2) is 0 Å². The molecule has 4 nitrogen and oxygen atoms in total. The van der Waals surface area contributed by atoms with Crippen molar-refractivity contribution in [1.29, 1.82) is 0 Å². The summed E-state index contributed by atoms with van der Waals surface area (Å²) < 4.78 is 16.4. The number of fused-ring (bicyclic) bond motifs is 2. The first-order valence-corrected chi connectivity index (χ1v) is 5.27. The van der Waals surface area contributed by atoms with Gasteiger partial charge in [0.15, 0.2) is 18.3 Å². The van der Waals surface area contributed by atoms with Gasteiger partial charge in [0.25, 0.3) is 0 Å². The van der Waals surface area contributed by atoms with Crippen LogP contribution in [0.2, 0.25) is 0 Å². The molecule has 0 aromatic carbocycles. The van der Waals surface area contributed by atoms with E-state index >= 15 is 0 Å². The monoisotopic (exact) mass is 230 g/mol. The maximum absolute atomic E-state index is 9.80. The molecule has 17 heavy (non-hydrogen) atoms. The summed E-state index contributed by atoms with van der Waals surface area (Å²) in [5, 5.41) is 9.80. The second-order valence-electron chi connectivity index (χ2n) is 3.88. The van der Waals surface area contributed by atoms with Crippen molar-refractivity contribution < 1.29 is 19.3 Å². The van der Waals surface area contributed by atoms with Gasteiger partial charge in [0.05, 0.1) is 6.26 Å². The van der Waals surface area contributed by atoms with Gasteiger partial charge < -0.3 is 19.3 Å². The van der Waals surface area contributed by atoms with Crippen molar-refractivity contribution in [3.8, 4) is 23.7 Å². The van der Waals surface area contributed by atoms with Crippen LogP contribution >= 0.6 is 0 Å². The topological polar surface area (TPSA) is 51.2 Å². The highest BCUT2D eigenvalue weighted by atomic mass is 16.8. The van der Waals surface area contributed by atoms with Crippen LogP contribution in [0.15, 0.2) is 24.2 Å². The molecular weight excluding hydrogens is 220 g/mol. The molecule has 3 heterocycles. The van der Waals surface area contributed by atoms with Gasteiger partial charge in [0.1, 0.15) is 5.76 Å². The predicted molar refractivity (Wildman–Crippen MR) is 58.0 cm³/mol. The molecule has 4 atom stereocenters. The predicted octanol–water partition coefficient (Wildman–Crippen LogP) is 0.296. The number of hydrogen-bond acceptors (Lipinski definition) is 4. The zero-order valence-corrected chi connectivity index (χ0v) is 9.14. The van der Waals surface area contributed by atoms with E-state index in [1.807, 2.05) is 0 Å². The van der Waals surface area contributed by atoms with E-state index in [1.54, 1.807) is 13.0 Å². The fourth-order valence-corrected chi connectivity index (χ4v) is 2.00. The lowest BCUT2D eigenvalue weighted by Crippen LogP contribution is -2.44. The molecule has 0 unspecified atom stereocenters. The van der Waals surface area contributed by atoms with Crippen LogP contribution in [0.5, 0.6) is 0 Å². The van der Waals surface area contributed by atoms with Crippen molar-refractivity contribution in [2.45, 2.75) is 31.0 Å². The second kappa shape index (κ2) is 3.56. The Hall–Kier alpha value is -1.88. The van der Waals surface area contributed by atoms with E-state index in [9.17, 15) is 5.11 Å². The minimum atomic E-state index is -1.10. The number of ether oxygens (including phenoxy) is 3. The number of hydrogen-bond donors (Lipinski definition) is 1. The molecule has 0 amide bonds. The zero-order valence-electron chi connectivity index (χ0n) is 9.14. The summed E-state index contributed by atoms with van der Waals surface area (Å²) in [4.78, 5) is 0. The Bertz CT molecular complexity index is 525. The molecule has 86 valence electrons. The number of rotatable bonds is 0. The van der Waals surface area contributed by atoms with E-state index < -0.39 is 11.9 Å². The largest absolute Gasteiger partial charge is 0.455 e. The van der Waals surface area contributed by atoms with Crippen LogP contribution in [-0.2, 0) is 14.2 Å². The summed E-state index contributed by atoms with van der Waals surface area (Å²) >= 11 is 0. The summed E-state index contributed by atoms with van der Waals surface area (Å²) in [5.41, 5.74) is 0. The van der Waals surface area contributed by atoms with Crippen LogP contribution in [0, 0.1) is 23.7 Å². The Labute approximate surface area is 98.9 Å². The molecular formula is C13H10O4. The lowest BCUT2D eigenvalue weighted by atomic mass is 10.1. The van der Waals surface area contributed by atoms with Crippen LogP contribution in [0.3, 0.4) is 0 Å². The lowest BCUT2D eigenvalue weighted by Gasteiger charge is -2.27.